The fourth-order valence-electron chi connectivity index (χ4n) is 1.97. The van der Waals surface area contributed by atoms with Gasteiger partial charge in [0.2, 0.25) is 15.9 Å². The summed E-state index contributed by atoms with van der Waals surface area (Å²) in [6.45, 7) is 1.58. The lowest BCUT2D eigenvalue weighted by Crippen LogP contribution is -2.15. The third-order valence-corrected chi connectivity index (χ3v) is 5.47. The summed E-state index contributed by atoms with van der Waals surface area (Å²) in [5.41, 5.74) is 1.15. The Kier molecular flexibility index (Phi) is 6.18. The van der Waals surface area contributed by atoms with Crippen molar-refractivity contribution in [3.05, 3.63) is 46.7 Å². The van der Waals surface area contributed by atoms with Gasteiger partial charge in [0.05, 0.1) is 5.75 Å². The number of anilines is 2. The van der Waals surface area contributed by atoms with E-state index in [0.29, 0.717) is 17.8 Å². The molecule has 0 aliphatic heterocycles. The SMILES string of the molecule is CCS(=O)(=O)Nc1ccc(NC(=O)CCCc2cccs2)cc1. The van der Waals surface area contributed by atoms with E-state index in [2.05, 4.69) is 16.1 Å². The molecule has 124 valence electrons. The molecule has 0 aliphatic rings. The number of carbonyl (C=O) groups excluding carboxylic acids is 1. The second-order valence-electron chi connectivity index (χ2n) is 5.06. The van der Waals surface area contributed by atoms with Crippen molar-refractivity contribution in [2.75, 3.05) is 15.8 Å². The third-order valence-electron chi connectivity index (χ3n) is 3.23. The van der Waals surface area contributed by atoms with Crippen LogP contribution in [-0.2, 0) is 21.2 Å². The van der Waals surface area contributed by atoms with Gasteiger partial charge in [0.25, 0.3) is 0 Å². The van der Waals surface area contributed by atoms with E-state index >= 15 is 0 Å². The Morgan fingerprint density at radius 1 is 1.13 bits per heavy atom. The smallest absolute Gasteiger partial charge is 0.232 e. The molecule has 0 atom stereocenters. The topological polar surface area (TPSA) is 75.3 Å². The van der Waals surface area contributed by atoms with Gasteiger partial charge in [-0.3, -0.25) is 9.52 Å². The molecule has 2 aromatic rings. The van der Waals surface area contributed by atoms with Gasteiger partial charge in [0, 0.05) is 22.7 Å². The molecule has 5 nitrogen and oxygen atoms in total. The first-order valence-electron chi connectivity index (χ1n) is 7.41. The second-order valence-corrected chi connectivity index (χ2v) is 8.11. The molecule has 0 fully saturated rings. The third kappa shape index (κ3) is 6.03. The van der Waals surface area contributed by atoms with Gasteiger partial charge < -0.3 is 5.32 Å². The van der Waals surface area contributed by atoms with E-state index in [4.69, 9.17) is 0 Å². The normalized spacial score (nSPS) is 11.2. The van der Waals surface area contributed by atoms with Crippen molar-refractivity contribution in [1.29, 1.82) is 0 Å². The summed E-state index contributed by atoms with van der Waals surface area (Å²) in [5, 5.41) is 4.84. The predicted molar refractivity (Wildman–Crippen MR) is 95.4 cm³/mol. The van der Waals surface area contributed by atoms with Gasteiger partial charge in [0.1, 0.15) is 0 Å². The number of carbonyl (C=O) groups is 1. The maximum absolute atomic E-state index is 11.9. The summed E-state index contributed by atoms with van der Waals surface area (Å²) < 4.78 is 25.4. The zero-order valence-corrected chi connectivity index (χ0v) is 14.5. The summed E-state index contributed by atoms with van der Waals surface area (Å²) in [6, 6.07) is 10.7. The average molecular weight is 352 g/mol. The molecule has 0 aliphatic carbocycles. The number of aryl methyl sites for hydroxylation is 1. The first kappa shape index (κ1) is 17.5. The van der Waals surface area contributed by atoms with Gasteiger partial charge in [-0.05, 0) is 55.5 Å². The number of sulfonamides is 1. The standard InChI is InChI=1S/C16H20N2O3S2/c1-2-23(20,21)18-14-10-8-13(9-11-14)17-16(19)7-3-5-15-6-4-12-22-15/h4,6,8-12,18H,2-3,5,7H2,1H3,(H,17,19). The lowest BCUT2D eigenvalue weighted by atomic mass is 10.2. The van der Waals surface area contributed by atoms with Crippen molar-refractivity contribution in [3.63, 3.8) is 0 Å². The molecule has 0 radical (unpaired) electrons. The van der Waals surface area contributed by atoms with Gasteiger partial charge in [-0.1, -0.05) is 6.07 Å². The molecule has 7 heteroatoms. The molecule has 23 heavy (non-hydrogen) atoms. The summed E-state index contributed by atoms with van der Waals surface area (Å²) >= 11 is 1.70. The fraction of sp³-hybridized carbons (Fsp3) is 0.312. The van der Waals surface area contributed by atoms with E-state index in [9.17, 15) is 13.2 Å². The number of amides is 1. The minimum absolute atomic E-state index is 0.0235. The molecule has 2 N–H and O–H groups in total. The number of hydrogen-bond donors (Lipinski definition) is 2. The summed E-state index contributed by atoms with van der Waals surface area (Å²) in [4.78, 5) is 13.2. The Bertz CT molecular complexity index is 723. The molecule has 0 saturated heterocycles. The van der Waals surface area contributed by atoms with E-state index in [1.165, 1.54) is 4.88 Å². The minimum Gasteiger partial charge on any atom is -0.326 e. The van der Waals surface area contributed by atoms with Gasteiger partial charge in [-0.2, -0.15) is 0 Å². The molecule has 0 unspecified atom stereocenters. The molecule has 1 aromatic carbocycles. The van der Waals surface area contributed by atoms with Crippen molar-refractivity contribution in [1.82, 2.24) is 0 Å². The summed E-state index contributed by atoms with van der Waals surface area (Å²) in [5.74, 6) is -0.0149. The first-order chi connectivity index (χ1) is 11.0. The van der Waals surface area contributed by atoms with Crippen LogP contribution in [0.2, 0.25) is 0 Å². The van der Waals surface area contributed by atoms with E-state index in [1.54, 1.807) is 42.5 Å². The monoisotopic (exact) mass is 352 g/mol. The van der Waals surface area contributed by atoms with Gasteiger partial charge >= 0.3 is 0 Å². The zero-order chi connectivity index (χ0) is 16.7. The number of hydrogen-bond acceptors (Lipinski definition) is 4. The van der Waals surface area contributed by atoms with Crippen molar-refractivity contribution in [2.24, 2.45) is 0 Å². The molecule has 1 amide bonds. The maximum Gasteiger partial charge on any atom is 0.232 e. The highest BCUT2D eigenvalue weighted by atomic mass is 32.2. The minimum atomic E-state index is -3.28. The highest BCUT2D eigenvalue weighted by Crippen LogP contribution is 2.16. The molecular weight excluding hydrogens is 332 g/mol. The highest BCUT2D eigenvalue weighted by molar-refractivity contribution is 7.92. The van der Waals surface area contributed by atoms with Crippen molar-refractivity contribution in [3.8, 4) is 0 Å². The first-order valence-corrected chi connectivity index (χ1v) is 9.94. The van der Waals surface area contributed by atoms with E-state index in [-0.39, 0.29) is 11.7 Å². The Morgan fingerprint density at radius 3 is 2.43 bits per heavy atom. The second kappa shape index (κ2) is 8.12. The van der Waals surface area contributed by atoms with Crippen molar-refractivity contribution in [2.45, 2.75) is 26.2 Å². The summed E-state index contributed by atoms with van der Waals surface area (Å²) in [6.07, 6.45) is 2.17. The number of benzene rings is 1. The van der Waals surface area contributed by atoms with Gasteiger partial charge in [-0.15, -0.1) is 11.3 Å². The van der Waals surface area contributed by atoms with Gasteiger partial charge in [0.15, 0.2) is 0 Å². The molecule has 2 rings (SSSR count). The van der Waals surface area contributed by atoms with Crippen molar-refractivity contribution < 1.29 is 13.2 Å². The van der Waals surface area contributed by atoms with E-state index in [1.807, 2.05) is 11.4 Å². The zero-order valence-electron chi connectivity index (χ0n) is 12.9. The lowest BCUT2D eigenvalue weighted by Gasteiger charge is -2.08. The van der Waals surface area contributed by atoms with Crippen LogP contribution in [0.15, 0.2) is 41.8 Å². The molecule has 1 heterocycles. The molecule has 1 aromatic heterocycles. The predicted octanol–water partition coefficient (Wildman–Crippen LogP) is 3.47. The molecule has 0 spiro atoms. The van der Waals surface area contributed by atoms with Crippen LogP contribution >= 0.6 is 11.3 Å². The van der Waals surface area contributed by atoms with Crippen LogP contribution in [0.5, 0.6) is 0 Å². The Hall–Kier alpha value is -1.86. The number of thiophene rings is 1. The molecule has 0 bridgehead atoms. The fourth-order valence-corrected chi connectivity index (χ4v) is 3.37. The molecular formula is C16H20N2O3S2. The van der Waals surface area contributed by atoms with Crippen LogP contribution in [-0.4, -0.2) is 20.1 Å². The van der Waals surface area contributed by atoms with E-state index < -0.39 is 10.0 Å². The van der Waals surface area contributed by atoms with Crippen LogP contribution in [0.25, 0.3) is 0 Å². The molecule has 0 saturated carbocycles. The lowest BCUT2D eigenvalue weighted by molar-refractivity contribution is -0.116. The largest absolute Gasteiger partial charge is 0.326 e. The van der Waals surface area contributed by atoms with Crippen LogP contribution < -0.4 is 10.0 Å². The Balaban J connectivity index is 1.79. The van der Waals surface area contributed by atoms with E-state index in [0.717, 1.165) is 12.8 Å². The van der Waals surface area contributed by atoms with Gasteiger partial charge in [-0.25, -0.2) is 8.42 Å². The summed E-state index contributed by atoms with van der Waals surface area (Å²) in [7, 11) is -3.28. The number of nitrogens with one attached hydrogen (secondary N) is 2. The van der Waals surface area contributed by atoms with Crippen LogP contribution in [0, 0.1) is 0 Å². The Labute approximate surface area is 140 Å². The Morgan fingerprint density at radius 2 is 1.83 bits per heavy atom. The van der Waals surface area contributed by atoms with Crippen molar-refractivity contribution >= 4 is 38.6 Å². The number of rotatable bonds is 8. The van der Waals surface area contributed by atoms with Crippen LogP contribution in [0.1, 0.15) is 24.6 Å². The van der Waals surface area contributed by atoms with Crippen LogP contribution in [0.3, 0.4) is 0 Å². The highest BCUT2D eigenvalue weighted by Gasteiger charge is 2.07. The maximum atomic E-state index is 11.9. The average Bonchev–Trinajstić information content (AvgIpc) is 3.02. The quantitative estimate of drug-likeness (QED) is 0.764. The van der Waals surface area contributed by atoms with Crippen LogP contribution in [0.4, 0.5) is 11.4 Å².